The van der Waals surface area contributed by atoms with Crippen LogP contribution >= 0.6 is 11.8 Å². The van der Waals surface area contributed by atoms with Crippen molar-refractivity contribution < 1.29 is 31.1 Å². The van der Waals surface area contributed by atoms with Crippen LogP contribution in [0.2, 0.25) is 0 Å². The van der Waals surface area contributed by atoms with Gasteiger partial charge in [0.25, 0.3) is 5.91 Å². The van der Waals surface area contributed by atoms with Gasteiger partial charge in [0.15, 0.2) is 15.0 Å². The van der Waals surface area contributed by atoms with Crippen LogP contribution < -0.4 is 15.4 Å². The number of benzene rings is 2. The second-order valence-corrected chi connectivity index (χ2v) is 11.0. The lowest BCUT2D eigenvalue weighted by Gasteiger charge is -2.11. The quantitative estimate of drug-likeness (QED) is 0.593. The Bertz CT molecular complexity index is 1190. The number of halogens is 3. The van der Waals surface area contributed by atoms with E-state index in [2.05, 4.69) is 15.6 Å². The Labute approximate surface area is 192 Å². The lowest BCUT2D eigenvalue weighted by Crippen LogP contribution is -2.28. The Morgan fingerprint density at radius 2 is 1.94 bits per heavy atom. The van der Waals surface area contributed by atoms with Crippen LogP contribution in [-0.4, -0.2) is 55.4 Å². The van der Waals surface area contributed by atoms with Gasteiger partial charge in [-0.2, -0.15) is 13.2 Å². The van der Waals surface area contributed by atoms with Crippen LogP contribution in [0.15, 0.2) is 53.5 Å². The fraction of sp³-hybridized carbons (Fsp3) is 0.333. The number of thioether (sulfide) groups is 1. The molecule has 4 rings (SSSR count). The van der Waals surface area contributed by atoms with E-state index < -0.39 is 21.6 Å². The molecular formula is C21H20F3N3O4S2. The summed E-state index contributed by atoms with van der Waals surface area (Å²) in [6.07, 6.45) is -4.45. The summed E-state index contributed by atoms with van der Waals surface area (Å²) in [5.41, 5.74) is 0.214. The van der Waals surface area contributed by atoms with Crippen LogP contribution in [0.1, 0.15) is 15.9 Å². The Hall–Kier alpha value is -2.73. The number of alkyl halides is 3. The molecule has 2 N–H and O–H groups in total. The van der Waals surface area contributed by atoms with Crippen molar-refractivity contribution in [2.45, 2.75) is 17.5 Å². The van der Waals surface area contributed by atoms with Crippen molar-refractivity contribution in [1.29, 1.82) is 0 Å². The maximum Gasteiger partial charge on any atom is 0.416 e. The number of hydrogen-bond acceptors (Lipinski definition) is 7. The molecule has 0 aliphatic carbocycles. The minimum atomic E-state index is -4.45. The van der Waals surface area contributed by atoms with Gasteiger partial charge in [0.1, 0.15) is 12.4 Å². The number of carbonyl (C=O) groups is 1. The van der Waals surface area contributed by atoms with Crippen LogP contribution in [0.4, 0.5) is 18.9 Å². The molecule has 1 amide bonds. The summed E-state index contributed by atoms with van der Waals surface area (Å²) in [6.45, 7) is 0.108. The number of hydrogen-bond donors (Lipinski definition) is 2. The van der Waals surface area contributed by atoms with E-state index >= 15 is 0 Å². The first-order chi connectivity index (χ1) is 15.6. The van der Waals surface area contributed by atoms with Gasteiger partial charge in [0.05, 0.1) is 29.7 Å². The Balaban J connectivity index is 1.27. The number of sulfone groups is 1. The van der Waals surface area contributed by atoms with Crippen LogP contribution in [0, 0.1) is 0 Å². The van der Waals surface area contributed by atoms with Gasteiger partial charge in [0, 0.05) is 16.5 Å². The summed E-state index contributed by atoms with van der Waals surface area (Å²) >= 11 is 1.38. The minimum Gasteiger partial charge on any atom is -0.492 e. The van der Waals surface area contributed by atoms with Crippen molar-refractivity contribution in [2.24, 2.45) is 4.99 Å². The number of nitrogens with zero attached hydrogens (tertiary/aromatic N) is 1. The van der Waals surface area contributed by atoms with E-state index in [1.807, 2.05) is 0 Å². The summed E-state index contributed by atoms with van der Waals surface area (Å²) in [4.78, 5) is 16.8. The molecule has 7 nitrogen and oxygen atoms in total. The molecule has 12 heteroatoms. The van der Waals surface area contributed by atoms with Crippen molar-refractivity contribution in [3.8, 4) is 5.75 Å². The van der Waals surface area contributed by atoms with E-state index in [4.69, 9.17) is 4.74 Å². The zero-order valence-electron chi connectivity index (χ0n) is 17.1. The predicted molar refractivity (Wildman–Crippen MR) is 121 cm³/mol. The van der Waals surface area contributed by atoms with Crippen molar-refractivity contribution >= 4 is 38.4 Å². The van der Waals surface area contributed by atoms with E-state index in [1.165, 1.54) is 23.9 Å². The molecule has 2 aromatic rings. The molecule has 0 aromatic heterocycles. The third kappa shape index (κ3) is 5.99. The van der Waals surface area contributed by atoms with Gasteiger partial charge in [0.2, 0.25) is 0 Å². The van der Waals surface area contributed by atoms with Crippen LogP contribution in [-0.2, 0) is 16.0 Å². The minimum absolute atomic E-state index is 0.00409. The summed E-state index contributed by atoms with van der Waals surface area (Å²) < 4.78 is 66.9. The maximum absolute atomic E-state index is 12.7. The zero-order valence-corrected chi connectivity index (χ0v) is 18.8. The lowest BCUT2D eigenvalue weighted by atomic mass is 10.2. The molecule has 0 spiro atoms. The summed E-state index contributed by atoms with van der Waals surface area (Å²) in [6, 6.07) is 11.0. The van der Waals surface area contributed by atoms with Gasteiger partial charge in [-0.15, -0.1) is 0 Å². The topological polar surface area (TPSA) is 96.9 Å². The fourth-order valence-electron chi connectivity index (χ4n) is 3.48. The second kappa shape index (κ2) is 9.26. The first-order valence-corrected chi connectivity index (χ1v) is 12.7. The third-order valence-electron chi connectivity index (χ3n) is 5.01. The van der Waals surface area contributed by atoms with Crippen LogP contribution in [0.5, 0.6) is 5.75 Å². The predicted octanol–water partition coefficient (Wildman–Crippen LogP) is 3.19. The first kappa shape index (κ1) is 23.4. The van der Waals surface area contributed by atoms with E-state index in [1.54, 1.807) is 24.3 Å². The fourth-order valence-corrected chi connectivity index (χ4v) is 7.15. The molecule has 0 bridgehead atoms. The lowest BCUT2D eigenvalue weighted by molar-refractivity contribution is -0.137. The van der Waals surface area contributed by atoms with Crippen molar-refractivity contribution in [3.05, 3.63) is 59.7 Å². The number of nitrogens with one attached hydrogen (secondary N) is 2. The first-order valence-electron chi connectivity index (χ1n) is 9.99. The highest BCUT2D eigenvalue weighted by Crippen LogP contribution is 2.34. The molecule has 0 unspecified atom stereocenters. The standard InChI is InChI=1S/C21H20F3N3O4S2/c22-21(23,24)14-4-2-6-16(10-14)31-8-7-25-19(28)13-3-1-5-15(9-13)26-20-27-17-11-33(29,30)12-18(17)32-20/h1-6,9-10,17-18H,7-8,11-12H2,(H,25,28)(H,26,27)/t17-,18+/m0/s1. The molecule has 33 heavy (non-hydrogen) atoms. The van der Waals surface area contributed by atoms with Crippen molar-refractivity contribution in [3.63, 3.8) is 0 Å². The van der Waals surface area contributed by atoms with Gasteiger partial charge in [-0.25, -0.2) is 8.42 Å². The van der Waals surface area contributed by atoms with E-state index in [0.717, 1.165) is 12.1 Å². The zero-order chi connectivity index (χ0) is 23.6. The van der Waals surface area contributed by atoms with Crippen molar-refractivity contribution in [2.75, 3.05) is 30.0 Å². The van der Waals surface area contributed by atoms with Gasteiger partial charge >= 0.3 is 6.18 Å². The molecule has 2 aliphatic heterocycles. The van der Waals surface area contributed by atoms with Crippen molar-refractivity contribution in [1.82, 2.24) is 5.32 Å². The Kier molecular flexibility index (Phi) is 6.57. The number of fused-ring (bicyclic) bond motifs is 1. The second-order valence-electron chi connectivity index (χ2n) is 7.57. The molecule has 2 aliphatic rings. The molecular weight excluding hydrogens is 479 g/mol. The number of ether oxygens (including phenoxy) is 1. The Morgan fingerprint density at radius 1 is 1.15 bits per heavy atom. The summed E-state index contributed by atoms with van der Waals surface area (Å²) in [5.74, 6) is -0.129. The van der Waals surface area contributed by atoms with Crippen LogP contribution in [0.3, 0.4) is 0 Å². The van der Waals surface area contributed by atoms with Gasteiger partial charge < -0.3 is 15.4 Å². The number of amidine groups is 1. The number of rotatable bonds is 6. The molecule has 0 saturated carbocycles. The average molecular weight is 500 g/mol. The Morgan fingerprint density at radius 3 is 2.70 bits per heavy atom. The van der Waals surface area contributed by atoms with E-state index in [-0.39, 0.29) is 47.6 Å². The highest BCUT2D eigenvalue weighted by Gasteiger charge is 2.42. The molecule has 2 heterocycles. The maximum atomic E-state index is 12.7. The van der Waals surface area contributed by atoms with Gasteiger partial charge in [-0.05, 0) is 36.4 Å². The molecule has 0 radical (unpaired) electrons. The monoisotopic (exact) mass is 499 g/mol. The third-order valence-corrected chi connectivity index (χ3v) is 8.15. The molecule has 1 saturated heterocycles. The normalized spacial score (nSPS) is 21.2. The van der Waals surface area contributed by atoms with Crippen LogP contribution in [0.25, 0.3) is 0 Å². The van der Waals surface area contributed by atoms with Gasteiger partial charge in [-0.1, -0.05) is 23.9 Å². The number of aliphatic imine (C=N–C) groups is 1. The van der Waals surface area contributed by atoms with E-state index in [9.17, 15) is 26.4 Å². The molecule has 176 valence electrons. The number of amides is 1. The largest absolute Gasteiger partial charge is 0.492 e. The summed E-state index contributed by atoms with van der Waals surface area (Å²) in [5, 5.41) is 6.32. The molecule has 2 atom stereocenters. The highest BCUT2D eigenvalue weighted by atomic mass is 32.2. The number of anilines is 1. The number of carbonyl (C=O) groups excluding carboxylic acids is 1. The highest BCUT2D eigenvalue weighted by molar-refractivity contribution is 8.15. The average Bonchev–Trinajstić information content (AvgIpc) is 3.23. The summed E-state index contributed by atoms with van der Waals surface area (Å²) in [7, 11) is -3.03. The van der Waals surface area contributed by atoms with E-state index in [0.29, 0.717) is 16.4 Å². The molecule has 2 aromatic carbocycles. The smallest absolute Gasteiger partial charge is 0.416 e. The van der Waals surface area contributed by atoms with Gasteiger partial charge in [-0.3, -0.25) is 9.79 Å². The molecule has 1 fully saturated rings. The SMILES string of the molecule is O=C(NCCOc1cccc(C(F)(F)F)c1)c1cccc(NC2=N[C@H]3CS(=O)(=O)C[C@H]3S2)c1.